The van der Waals surface area contributed by atoms with Gasteiger partial charge in [0.2, 0.25) is 0 Å². The van der Waals surface area contributed by atoms with E-state index in [4.69, 9.17) is 15.2 Å². The molecule has 2 saturated heterocycles. The highest BCUT2D eigenvalue weighted by Gasteiger charge is 2.38. The number of halogens is 1. The van der Waals surface area contributed by atoms with Crippen LogP contribution in [0.4, 0.5) is 10.4 Å². The second kappa shape index (κ2) is 22.6. The lowest BCUT2D eigenvalue weighted by atomic mass is 10.0. The minimum Gasteiger partial charge on any atom is -0.427 e. The number of aromatic nitrogens is 4. The standard InChI is InChI=1S/C21H19N5O6.C21H20N4O4.CH4.FH.H3NO3/c1-13-12-23(20(28)14-5-3-2-4-6-14)9-10-24(13)21(29)18(27)15-11-22-19-17(15)16(26(31)32)7-8-25(19)30;1-14-13-23(20(27)15-6-3-2-4-7-15)10-11-24(14)21(28)18(26)17-12-22-19-16(17)8-5-9-25(19)29;;;2-1-4-3/h2-8,11,13,30H,9-10,12H2,1H3;2-9,12,14,29H,10-11,13H2,1H3;1H4;1H;1-3H/t13-;14-;;;/m11.../s1/i/hT. The molecule has 354 valence electrons. The lowest BCUT2D eigenvalue weighted by molar-refractivity contribution is -0.384. The summed E-state index contributed by atoms with van der Waals surface area (Å²) in [6.07, 6.45) is 4.78. The van der Waals surface area contributed by atoms with Gasteiger partial charge in [-0.2, -0.15) is 9.46 Å². The number of nitro groups is 1. The van der Waals surface area contributed by atoms with Gasteiger partial charge in [-0.3, -0.25) is 48.8 Å². The SMILES string of the molecule is C.C[C@@H]1CN(C(=O)c2ccccc2)CCN1C(=O)C(=O)c1cnc2n(O)ccc([N+](=O)[O-])c1-2.C[C@@H]1CN(C(=O)c2ccccc2)CCN1C(=O)C(=O)c1cnc2n(O)cccc1-2.ONOO.[3H]F. The zero-order chi connectivity index (χ0) is 48.9. The third-order valence-corrected chi connectivity index (χ3v) is 10.7. The van der Waals surface area contributed by atoms with Gasteiger partial charge in [0, 0.05) is 92.7 Å². The van der Waals surface area contributed by atoms with Gasteiger partial charge in [-0.15, -0.1) is 4.99 Å². The van der Waals surface area contributed by atoms with Gasteiger partial charge in [-0.05, 0) is 55.9 Å². The first kappa shape index (κ1) is 49.8. The van der Waals surface area contributed by atoms with Crippen LogP contribution >= 0.6 is 0 Å². The summed E-state index contributed by atoms with van der Waals surface area (Å²) in [4.78, 5) is 104. The maximum Gasteiger partial charge on any atom is 0.295 e. The summed E-state index contributed by atoms with van der Waals surface area (Å²) in [6.45, 7) is 5.14. The smallest absolute Gasteiger partial charge is 0.295 e. The van der Waals surface area contributed by atoms with Gasteiger partial charge < -0.3 is 30.0 Å². The number of pyridine rings is 2. The fraction of sp³-hybridized carbons (Fsp3) is 0.256. The first-order valence-electron chi connectivity index (χ1n) is 20.1. The predicted molar refractivity (Wildman–Crippen MR) is 232 cm³/mol. The van der Waals surface area contributed by atoms with Crippen molar-refractivity contribution in [1.29, 1.82) is 1.45 Å². The van der Waals surface area contributed by atoms with Crippen LogP contribution in [-0.4, -0.2) is 153 Å². The monoisotopic (exact) mass is 932 g/mol. The Balaban J connectivity index is 0.000000263. The predicted octanol–water partition coefficient (Wildman–Crippen LogP) is 3.63. The van der Waals surface area contributed by atoms with Crippen LogP contribution in [-0.2, 0) is 14.6 Å². The Bertz CT molecular complexity index is 2650. The number of nitrogens with zero attached hydrogens (tertiary/aromatic N) is 9. The number of piperazine rings is 2. The Kier molecular flexibility index (Phi) is 16.8. The average molecular weight is 933 g/mol. The van der Waals surface area contributed by atoms with E-state index >= 15 is 0 Å². The van der Waals surface area contributed by atoms with Crippen LogP contribution in [0.3, 0.4) is 0 Å². The van der Waals surface area contributed by atoms with E-state index in [9.17, 15) is 49.3 Å². The van der Waals surface area contributed by atoms with E-state index in [2.05, 4.69) is 16.4 Å². The molecule has 4 amide bonds. The van der Waals surface area contributed by atoms with E-state index in [0.717, 1.165) is 28.8 Å². The van der Waals surface area contributed by atoms with Gasteiger partial charge in [0.1, 0.15) is 5.56 Å². The van der Waals surface area contributed by atoms with Crippen LogP contribution in [0.1, 0.15) is 62.7 Å². The van der Waals surface area contributed by atoms with Crippen LogP contribution < -0.4 is 5.64 Å². The van der Waals surface area contributed by atoms with Gasteiger partial charge in [0.15, 0.2) is 11.6 Å². The molecule has 0 radical (unpaired) electrons. The minimum atomic E-state index is -0.962. The maximum atomic E-state index is 13.0. The number of ketones is 2. The first-order chi connectivity index (χ1) is 32.2. The molecule has 6 heterocycles. The molecule has 6 aliphatic rings. The minimum absolute atomic E-state index is 0. The van der Waals surface area contributed by atoms with E-state index in [-0.39, 0.29) is 79.8 Å². The molecule has 24 heteroatoms. The Morgan fingerprint density at radius 3 is 1.63 bits per heavy atom. The van der Waals surface area contributed by atoms with E-state index in [1.165, 1.54) is 22.2 Å². The fourth-order valence-electron chi connectivity index (χ4n) is 7.53. The third-order valence-electron chi connectivity index (χ3n) is 10.7. The number of rotatable bonds is 8. The lowest BCUT2D eigenvalue weighted by Crippen LogP contribution is -2.56. The third kappa shape index (κ3) is 11.0. The molecule has 8 rings (SSSR count). The Hall–Kier alpha value is -8.19. The molecule has 0 saturated carbocycles. The molecule has 5 N–H and O–H groups in total. The van der Waals surface area contributed by atoms with Crippen LogP contribution in [0.5, 0.6) is 0 Å². The first-order valence-corrected chi connectivity index (χ1v) is 19.8. The summed E-state index contributed by atoms with van der Waals surface area (Å²) in [5.41, 5.74) is 1.79. The van der Waals surface area contributed by atoms with Gasteiger partial charge in [-0.1, -0.05) is 43.8 Å². The van der Waals surface area contributed by atoms with Crippen molar-refractivity contribution >= 4 is 40.9 Å². The highest BCUT2D eigenvalue weighted by atomic mass is 19.0. The summed E-state index contributed by atoms with van der Waals surface area (Å²) in [7, 11) is 0. The van der Waals surface area contributed by atoms with Crippen molar-refractivity contribution in [1.82, 2.24) is 44.7 Å². The highest BCUT2D eigenvalue weighted by molar-refractivity contribution is 6.44. The molecule has 6 aliphatic heterocycles. The Labute approximate surface area is 382 Å². The largest absolute Gasteiger partial charge is 0.427 e. The molecule has 2 fully saturated rings. The Morgan fingerprint density at radius 2 is 1.16 bits per heavy atom. The van der Waals surface area contributed by atoms with E-state index in [1.54, 1.807) is 65.3 Å². The molecule has 0 unspecified atom stereocenters. The number of Topliss-reactive ketones (excluding diaryl/α,β-unsaturated/α-hetero) is 2. The van der Waals surface area contributed by atoms with Crippen molar-refractivity contribution in [2.75, 3.05) is 39.3 Å². The van der Waals surface area contributed by atoms with Gasteiger partial charge in [0.05, 0.1) is 22.2 Å². The number of benzene rings is 2. The summed E-state index contributed by atoms with van der Waals surface area (Å²) in [5, 5.41) is 45.2. The summed E-state index contributed by atoms with van der Waals surface area (Å²) >= 11 is 0. The quantitative estimate of drug-likeness (QED) is 0.0364. The van der Waals surface area contributed by atoms with Gasteiger partial charge in [0.25, 0.3) is 42.3 Å². The number of carbonyl (C=O) groups is 6. The molecule has 67 heavy (non-hydrogen) atoms. The molecular formula is C43H47FN10O13. The van der Waals surface area contributed by atoms with Crippen molar-refractivity contribution in [3.05, 3.63) is 136 Å². The zero-order valence-corrected chi connectivity index (χ0v) is 35.1. The molecule has 2 aromatic rings. The topological polar surface area (TPSA) is 296 Å². The summed E-state index contributed by atoms with van der Waals surface area (Å²) < 4.78 is 14.4. The summed E-state index contributed by atoms with van der Waals surface area (Å²) in [5.74, 6) is -3.34. The van der Waals surface area contributed by atoms with Gasteiger partial charge in [-0.25, -0.2) is 15.2 Å². The molecular weight excluding hydrogens is 884 g/mol. The lowest BCUT2D eigenvalue weighted by Gasteiger charge is -2.39. The zero-order valence-electron chi connectivity index (χ0n) is 36.1. The van der Waals surface area contributed by atoms with Crippen LogP contribution in [0.25, 0.3) is 22.8 Å². The molecule has 2 aromatic carbocycles. The maximum absolute atomic E-state index is 13.0. The number of hydrogen-bond acceptors (Lipinski definition) is 16. The average Bonchev–Trinajstić information content (AvgIpc) is 4.01. The molecule has 0 bridgehead atoms. The van der Waals surface area contributed by atoms with Crippen LogP contribution in [0.2, 0.25) is 0 Å². The number of fused-ring (bicyclic) bond motifs is 2. The molecule has 0 aromatic heterocycles. The molecule has 0 spiro atoms. The molecule has 23 nitrogen and oxygen atoms in total. The van der Waals surface area contributed by atoms with E-state index in [1.807, 2.05) is 31.2 Å². The van der Waals surface area contributed by atoms with Crippen molar-refractivity contribution in [2.24, 2.45) is 0 Å². The molecule has 2 atom stereocenters. The summed E-state index contributed by atoms with van der Waals surface area (Å²) in [6, 6.07) is 21.2. The molecule has 0 aliphatic carbocycles. The normalized spacial score (nSPS) is 15.6. The number of amides is 4. The number of nitrogens with one attached hydrogen (secondary N) is 1. The van der Waals surface area contributed by atoms with Crippen molar-refractivity contribution < 1.29 is 64.3 Å². The van der Waals surface area contributed by atoms with Crippen LogP contribution in [0.15, 0.2) is 104 Å². The van der Waals surface area contributed by atoms with Crippen molar-refractivity contribution in [3.8, 4) is 22.8 Å². The van der Waals surface area contributed by atoms with E-state index < -0.39 is 40.0 Å². The number of hydrogen-bond donors (Lipinski definition) is 5. The van der Waals surface area contributed by atoms with Gasteiger partial charge >= 0.3 is 0 Å². The number of carbonyl (C=O) groups excluding carboxylic acids is 6. The van der Waals surface area contributed by atoms with E-state index in [0.29, 0.717) is 34.5 Å². The highest BCUT2D eigenvalue weighted by Crippen LogP contribution is 2.34. The van der Waals surface area contributed by atoms with Crippen LogP contribution in [0, 0.1) is 10.1 Å². The van der Waals surface area contributed by atoms with Crippen molar-refractivity contribution in [2.45, 2.75) is 33.4 Å². The second-order valence-corrected chi connectivity index (χ2v) is 14.7. The second-order valence-electron chi connectivity index (χ2n) is 14.7. The fourth-order valence-corrected chi connectivity index (χ4v) is 7.53. The Morgan fingerprint density at radius 1 is 0.716 bits per heavy atom. The van der Waals surface area contributed by atoms with Crippen molar-refractivity contribution in [3.63, 3.8) is 0 Å².